The van der Waals surface area contributed by atoms with Gasteiger partial charge in [0, 0.05) is 19.2 Å². The number of nitrogens with zero attached hydrogens (tertiary/aromatic N) is 2. The molecule has 0 aliphatic carbocycles. The molecule has 0 bridgehead atoms. The van der Waals surface area contributed by atoms with E-state index in [1.54, 1.807) is 6.92 Å². The van der Waals surface area contributed by atoms with Crippen molar-refractivity contribution in [1.29, 1.82) is 0 Å². The van der Waals surface area contributed by atoms with Gasteiger partial charge in [-0.1, -0.05) is 5.16 Å². The zero-order chi connectivity index (χ0) is 12.6. The Morgan fingerprint density at radius 2 is 2.35 bits per heavy atom. The van der Waals surface area contributed by atoms with Crippen LogP contribution < -0.4 is 5.73 Å². The summed E-state index contributed by atoms with van der Waals surface area (Å²) in [6.07, 6.45) is 0.237. The number of aryl methyl sites for hydroxylation is 1. The lowest BCUT2D eigenvalue weighted by atomic mass is 10.0. The number of aliphatic carboxylic acids is 1. The number of hydrogen-bond donors (Lipinski definition) is 2. The van der Waals surface area contributed by atoms with Crippen molar-refractivity contribution in [3.05, 3.63) is 17.5 Å². The molecule has 0 aromatic carbocycles. The van der Waals surface area contributed by atoms with Gasteiger partial charge < -0.3 is 20.3 Å². The van der Waals surface area contributed by atoms with Crippen LogP contribution in [0.4, 0.5) is 0 Å². The smallest absolute Gasteiger partial charge is 0.325 e. The first-order valence-corrected chi connectivity index (χ1v) is 5.17. The Morgan fingerprint density at radius 1 is 1.65 bits per heavy atom. The molecule has 7 heteroatoms. The summed E-state index contributed by atoms with van der Waals surface area (Å²) >= 11 is 0. The van der Waals surface area contributed by atoms with Gasteiger partial charge in [-0.15, -0.1) is 0 Å². The molecule has 0 saturated carbocycles. The molecule has 1 atom stereocenters. The van der Waals surface area contributed by atoms with Gasteiger partial charge in [-0.05, 0) is 13.3 Å². The minimum atomic E-state index is -1.36. The van der Waals surface area contributed by atoms with Crippen LogP contribution in [0.1, 0.15) is 22.7 Å². The van der Waals surface area contributed by atoms with Gasteiger partial charge in [0.2, 0.25) is 5.76 Å². The first kappa shape index (κ1) is 11.6. The summed E-state index contributed by atoms with van der Waals surface area (Å²) in [5, 5.41) is 12.6. The molecule has 1 aromatic rings. The third-order valence-electron chi connectivity index (χ3n) is 2.85. The summed E-state index contributed by atoms with van der Waals surface area (Å²) in [7, 11) is 0. The average Bonchev–Trinajstić information content (AvgIpc) is 2.85. The number of nitrogens with two attached hydrogens (primary N) is 1. The number of carbonyl (C=O) groups excluding carboxylic acids is 1. The summed E-state index contributed by atoms with van der Waals surface area (Å²) in [6.45, 7) is 2.00. The molecule has 1 aliphatic rings. The quantitative estimate of drug-likeness (QED) is 0.727. The fourth-order valence-corrected chi connectivity index (χ4v) is 1.80. The monoisotopic (exact) mass is 239 g/mol. The molecule has 0 radical (unpaired) electrons. The Balaban J connectivity index is 2.11. The number of carbonyl (C=O) groups is 2. The Kier molecular flexibility index (Phi) is 2.62. The molecule has 7 nitrogen and oxygen atoms in total. The normalized spacial score (nSPS) is 24.0. The maximum atomic E-state index is 11.9. The molecule has 1 aromatic heterocycles. The lowest BCUT2D eigenvalue weighted by Gasteiger charge is -2.18. The highest BCUT2D eigenvalue weighted by Gasteiger charge is 2.43. The minimum Gasteiger partial charge on any atom is -0.480 e. The lowest BCUT2D eigenvalue weighted by molar-refractivity contribution is -0.142. The summed E-state index contributed by atoms with van der Waals surface area (Å²) in [4.78, 5) is 24.2. The number of carboxylic acid groups (broad SMARTS) is 1. The number of likely N-dealkylation sites (tertiary alicyclic amines) is 1. The standard InChI is InChI=1S/C10H13N3O4/c1-6-4-7(17-12-6)8(14)13-3-2-10(11,5-13)9(15)16/h4H,2-3,5,11H2,1H3,(H,15,16). The van der Waals surface area contributed by atoms with E-state index in [0.29, 0.717) is 12.2 Å². The molecule has 1 amide bonds. The van der Waals surface area contributed by atoms with Crippen LogP contribution in [0.2, 0.25) is 0 Å². The maximum absolute atomic E-state index is 11.9. The molecule has 2 rings (SSSR count). The Hall–Kier alpha value is -1.89. The van der Waals surface area contributed by atoms with E-state index in [2.05, 4.69) is 5.16 Å². The Morgan fingerprint density at radius 3 is 2.82 bits per heavy atom. The first-order valence-electron chi connectivity index (χ1n) is 5.17. The Bertz CT molecular complexity index is 470. The number of hydrogen-bond acceptors (Lipinski definition) is 5. The fraction of sp³-hybridized carbons (Fsp3) is 0.500. The van der Waals surface area contributed by atoms with Gasteiger partial charge in [0.15, 0.2) is 0 Å². The highest BCUT2D eigenvalue weighted by molar-refractivity contribution is 5.93. The summed E-state index contributed by atoms with van der Waals surface area (Å²) in [6, 6.07) is 1.51. The minimum absolute atomic E-state index is 0.0130. The second-order valence-electron chi connectivity index (χ2n) is 4.27. The zero-order valence-electron chi connectivity index (χ0n) is 9.34. The van der Waals surface area contributed by atoms with Crippen molar-refractivity contribution in [2.75, 3.05) is 13.1 Å². The molecule has 1 saturated heterocycles. The molecular weight excluding hydrogens is 226 g/mol. The molecule has 2 heterocycles. The van der Waals surface area contributed by atoms with E-state index in [-0.39, 0.29) is 24.6 Å². The van der Waals surface area contributed by atoms with E-state index in [1.807, 2.05) is 0 Å². The van der Waals surface area contributed by atoms with Crippen molar-refractivity contribution >= 4 is 11.9 Å². The second-order valence-corrected chi connectivity index (χ2v) is 4.27. The van der Waals surface area contributed by atoms with Crippen LogP contribution in [-0.4, -0.2) is 45.7 Å². The van der Waals surface area contributed by atoms with E-state index in [4.69, 9.17) is 15.4 Å². The molecule has 1 aliphatic heterocycles. The van der Waals surface area contributed by atoms with Gasteiger partial charge in [-0.25, -0.2) is 0 Å². The highest BCUT2D eigenvalue weighted by Crippen LogP contribution is 2.21. The van der Waals surface area contributed by atoms with E-state index in [0.717, 1.165) is 0 Å². The molecule has 1 unspecified atom stereocenters. The fourth-order valence-electron chi connectivity index (χ4n) is 1.80. The zero-order valence-corrected chi connectivity index (χ0v) is 9.34. The van der Waals surface area contributed by atoms with Crippen LogP contribution in [0.3, 0.4) is 0 Å². The lowest BCUT2D eigenvalue weighted by Crippen LogP contribution is -2.50. The topological polar surface area (TPSA) is 110 Å². The van der Waals surface area contributed by atoms with Crippen LogP contribution >= 0.6 is 0 Å². The van der Waals surface area contributed by atoms with Gasteiger partial charge in [-0.3, -0.25) is 9.59 Å². The van der Waals surface area contributed by atoms with Gasteiger partial charge in [0.05, 0.1) is 5.69 Å². The molecule has 0 spiro atoms. The van der Waals surface area contributed by atoms with Crippen LogP contribution in [-0.2, 0) is 4.79 Å². The predicted octanol–water partition coefficient (Wildman–Crippen LogP) is -0.389. The van der Waals surface area contributed by atoms with Crippen molar-refractivity contribution in [3.63, 3.8) is 0 Å². The van der Waals surface area contributed by atoms with Crippen LogP contribution in [0, 0.1) is 6.92 Å². The third-order valence-corrected chi connectivity index (χ3v) is 2.85. The molecule has 92 valence electrons. The van der Waals surface area contributed by atoms with Crippen LogP contribution in [0.5, 0.6) is 0 Å². The number of aromatic nitrogens is 1. The van der Waals surface area contributed by atoms with Crippen molar-refractivity contribution in [1.82, 2.24) is 10.1 Å². The largest absolute Gasteiger partial charge is 0.480 e. The first-order chi connectivity index (χ1) is 7.92. The van der Waals surface area contributed by atoms with Crippen molar-refractivity contribution in [3.8, 4) is 0 Å². The molecular formula is C10H13N3O4. The summed E-state index contributed by atoms with van der Waals surface area (Å²) in [5.41, 5.74) is 4.92. The third kappa shape index (κ3) is 2.01. The molecule has 1 fully saturated rings. The Labute approximate surface area is 97.2 Å². The van der Waals surface area contributed by atoms with E-state index >= 15 is 0 Å². The van der Waals surface area contributed by atoms with Crippen molar-refractivity contribution in [2.24, 2.45) is 5.73 Å². The summed E-state index contributed by atoms with van der Waals surface area (Å²) in [5.74, 6) is -1.36. The van der Waals surface area contributed by atoms with Gasteiger partial charge in [-0.2, -0.15) is 0 Å². The van der Waals surface area contributed by atoms with Crippen LogP contribution in [0.25, 0.3) is 0 Å². The predicted molar refractivity (Wildman–Crippen MR) is 56.3 cm³/mol. The van der Waals surface area contributed by atoms with Crippen LogP contribution in [0.15, 0.2) is 10.6 Å². The second kappa shape index (κ2) is 3.85. The van der Waals surface area contributed by atoms with E-state index in [1.165, 1.54) is 11.0 Å². The molecule has 3 N–H and O–H groups in total. The number of amides is 1. The van der Waals surface area contributed by atoms with E-state index in [9.17, 15) is 9.59 Å². The van der Waals surface area contributed by atoms with Gasteiger partial charge in [0.1, 0.15) is 5.54 Å². The van der Waals surface area contributed by atoms with Gasteiger partial charge in [0.25, 0.3) is 5.91 Å². The van der Waals surface area contributed by atoms with Crippen molar-refractivity contribution < 1.29 is 19.2 Å². The van der Waals surface area contributed by atoms with Crippen molar-refractivity contribution in [2.45, 2.75) is 18.9 Å². The maximum Gasteiger partial charge on any atom is 0.325 e. The van der Waals surface area contributed by atoms with Gasteiger partial charge >= 0.3 is 5.97 Å². The number of rotatable bonds is 2. The highest BCUT2D eigenvalue weighted by atomic mass is 16.5. The number of carboxylic acids is 1. The SMILES string of the molecule is Cc1cc(C(=O)N2CCC(N)(C(=O)O)C2)on1. The summed E-state index contributed by atoms with van der Waals surface area (Å²) < 4.78 is 4.84. The van der Waals surface area contributed by atoms with E-state index < -0.39 is 11.5 Å². The molecule has 17 heavy (non-hydrogen) atoms. The average molecular weight is 239 g/mol.